The molecule has 1 fully saturated rings. The van der Waals surface area contributed by atoms with Crippen LogP contribution < -0.4 is 10.2 Å². The van der Waals surface area contributed by atoms with E-state index in [1.54, 1.807) is 0 Å². The average Bonchev–Trinajstić information content (AvgIpc) is 2.51. The van der Waals surface area contributed by atoms with Crippen molar-refractivity contribution in [3.05, 3.63) is 28.2 Å². The van der Waals surface area contributed by atoms with Gasteiger partial charge < -0.3 is 15.3 Å². The van der Waals surface area contributed by atoms with E-state index < -0.39 is 0 Å². The Kier molecular flexibility index (Phi) is 4.65. The van der Waals surface area contributed by atoms with E-state index in [9.17, 15) is 5.11 Å². The predicted octanol–water partition coefficient (Wildman–Crippen LogP) is 2.31. The van der Waals surface area contributed by atoms with E-state index in [0.29, 0.717) is 6.04 Å². The molecule has 0 aromatic heterocycles. The molecule has 1 saturated heterocycles. The largest absolute Gasteiger partial charge is 0.395 e. The smallest absolute Gasteiger partial charge is 0.0601 e. The van der Waals surface area contributed by atoms with Gasteiger partial charge in [0.15, 0.2) is 0 Å². The number of nitrogens with zero attached hydrogens (tertiary/aromatic N) is 1. The first-order chi connectivity index (χ1) is 8.61. The fourth-order valence-corrected chi connectivity index (χ4v) is 3.01. The maximum Gasteiger partial charge on any atom is 0.0601 e. The fourth-order valence-electron chi connectivity index (χ4n) is 2.53. The Morgan fingerprint density at radius 1 is 1.50 bits per heavy atom. The van der Waals surface area contributed by atoms with E-state index in [2.05, 4.69) is 58.2 Å². The highest BCUT2D eigenvalue weighted by Crippen LogP contribution is 2.27. The number of aliphatic hydroxyl groups is 1. The number of hydrogen-bond donors (Lipinski definition) is 2. The molecule has 100 valence electrons. The van der Waals surface area contributed by atoms with Crippen molar-refractivity contribution in [2.24, 2.45) is 0 Å². The zero-order valence-electron chi connectivity index (χ0n) is 11.0. The van der Waals surface area contributed by atoms with Gasteiger partial charge in [-0.3, -0.25) is 0 Å². The summed E-state index contributed by atoms with van der Waals surface area (Å²) in [7, 11) is 0. The van der Waals surface area contributed by atoms with E-state index in [1.807, 2.05) is 0 Å². The summed E-state index contributed by atoms with van der Waals surface area (Å²) in [6, 6.07) is 7.05. The number of hydrogen-bond acceptors (Lipinski definition) is 3. The van der Waals surface area contributed by atoms with Crippen molar-refractivity contribution in [1.29, 1.82) is 0 Å². The minimum Gasteiger partial charge on any atom is -0.395 e. The van der Waals surface area contributed by atoms with E-state index in [4.69, 9.17) is 0 Å². The summed E-state index contributed by atoms with van der Waals surface area (Å²) in [6.07, 6.45) is 1.10. The van der Waals surface area contributed by atoms with Crippen molar-refractivity contribution in [3.63, 3.8) is 0 Å². The van der Waals surface area contributed by atoms with E-state index >= 15 is 0 Å². The van der Waals surface area contributed by atoms with Crippen LogP contribution in [0.1, 0.15) is 18.9 Å². The average molecular weight is 313 g/mol. The fraction of sp³-hybridized carbons (Fsp3) is 0.571. The third-order valence-corrected chi connectivity index (χ3v) is 4.13. The SMILES string of the molecule is Cc1cc(Br)ccc1N1CC(CO)NCCC1C. The molecule has 1 aliphatic rings. The second kappa shape index (κ2) is 6.04. The molecule has 1 heterocycles. The highest BCUT2D eigenvalue weighted by molar-refractivity contribution is 9.10. The van der Waals surface area contributed by atoms with Crippen molar-refractivity contribution < 1.29 is 5.11 Å². The number of nitrogens with one attached hydrogen (secondary N) is 1. The molecule has 18 heavy (non-hydrogen) atoms. The second-order valence-electron chi connectivity index (χ2n) is 5.05. The van der Waals surface area contributed by atoms with Crippen LogP contribution >= 0.6 is 15.9 Å². The van der Waals surface area contributed by atoms with Crippen LogP contribution in [0.25, 0.3) is 0 Å². The van der Waals surface area contributed by atoms with Crippen LogP contribution in [0.4, 0.5) is 5.69 Å². The number of aliphatic hydroxyl groups excluding tert-OH is 1. The highest BCUT2D eigenvalue weighted by Gasteiger charge is 2.23. The molecule has 0 saturated carbocycles. The van der Waals surface area contributed by atoms with Crippen molar-refractivity contribution in [3.8, 4) is 0 Å². The summed E-state index contributed by atoms with van der Waals surface area (Å²) in [5.41, 5.74) is 2.54. The summed E-state index contributed by atoms with van der Waals surface area (Å²) in [5, 5.41) is 12.8. The first-order valence-corrected chi connectivity index (χ1v) is 7.28. The lowest BCUT2D eigenvalue weighted by Crippen LogP contribution is -2.42. The topological polar surface area (TPSA) is 35.5 Å². The van der Waals surface area contributed by atoms with Gasteiger partial charge in [0.1, 0.15) is 0 Å². The van der Waals surface area contributed by atoms with Crippen LogP contribution in [0.2, 0.25) is 0 Å². The van der Waals surface area contributed by atoms with Crippen LogP contribution in [0.3, 0.4) is 0 Å². The molecular formula is C14H21BrN2O. The molecule has 2 rings (SSSR count). The van der Waals surface area contributed by atoms with Gasteiger partial charge in [-0.1, -0.05) is 15.9 Å². The van der Waals surface area contributed by atoms with Gasteiger partial charge in [0.05, 0.1) is 6.61 Å². The monoisotopic (exact) mass is 312 g/mol. The first-order valence-electron chi connectivity index (χ1n) is 6.49. The van der Waals surface area contributed by atoms with E-state index in [1.165, 1.54) is 11.3 Å². The lowest BCUT2D eigenvalue weighted by atomic mass is 10.1. The molecule has 0 spiro atoms. The Labute approximate surface area is 117 Å². The molecule has 1 aromatic carbocycles. The molecule has 2 unspecified atom stereocenters. The molecule has 0 radical (unpaired) electrons. The quantitative estimate of drug-likeness (QED) is 0.879. The van der Waals surface area contributed by atoms with Gasteiger partial charge in [0, 0.05) is 28.8 Å². The summed E-state index contributed by atoms with van der Waals surface area (Å²) in [5.74, 6) is 0. The number of rotatable bonds is 2. The van der Waals surface area contributed by atoms with Crippen molar-refractivity contribution in [1.82, 2.24) is 5.32 Å². The lowest BCUT2D eigenvalue weighted by molar-refractivity contribution is 0.248. The minimum absolute atomic E-state index is 0.165. The van der Waals surface area contributed by atoms with Gasteiger partial charge >= 0.3 is 0 Å². The summed E-state index contributed by atoms with van der Waals surface area (Å²) >= 11 is 3.51. The van der Waals surface area contributed by atoms with Crippen LogP contribution in [0, 0.1) is 6.92 Å². The Balaban J connectivity index is 2.27. The molecule has 2 N–H and O–H groups in total. The van der Waals surface area contributed by atoms with Gasteiger partial charge in [-0.2, -0.15) is 0 Å². The highest BCUT2D eigenvalue weighted by atomic mass is 79.9. The van der Waals surface area contributed by atoms with Crippen LogP contribution in [-0.4, -0.2) is 36.9 Å². The van der Waals surface area contributed by atoms with Gasteiger partial charge in [-0.05, 0) is 50.6 Å². The molecule has 4 heteroatoms. The first kappa shape index (κ1) is 13.8. The Morgan fingerprint density at radius 3 is 2.94 bits per heavy atom. The van der Waals surface area contributed by atoms with Crippen LogP contribution in [0.15, 0.2) is 22.7 Å². The number of benzene rings is 1. The van der Waals surface area contributed by atoms with E-state index in [-0.39, 0.29) is 12.6 Å². The summed E-state index contributed by atoms with van der Waals surface area (Å²) in [6.45, 7) is 6.42. The minimum atomic E-state index is 0.165. The van der Waals surface area contributed by atoms with Crippen LogP contribution in [0.5, 0.6) is 0 Å². The molecule has 1 aromatic rings. The lowest BCUT2D eigenvalue weighted by Gasteiger charge is -2.32. The number of anilines is 1. The van der Waals surface area contributed by atoms with Crippen LogP contribution in [-0.2, 0) is 0 Å². The van der Waals surface area contributed by atoms with Gasteiger partial charge in [0.25, 0.3) is 0 Å². The Bertz CT molecular complexity index is 411. The molecule has 2 atom stereocenters. The normalized spacial score (nSPS) is 25.0. The number of aryl methyl sites for hydroxylation is 1. The maximum atomic E-state index is 9.38. The zero-order chi connectivity index (χ0) is 13.1. The Morgan fingerprint density at radius 2 is 2.28 bits per heavy atom. The molecule has 0 amide bonds. The van der Waals surface area contributed by atoms with Crippen molar-refractivity contribution in [2.75, 3.05) is 24.6 Å². The van der Waals surface area contributed by atoms with Gasteiger partial charge in [-0.25, -0.2) is 0 Å². The molecule has 0 aliphatic carbocycles. The van der Waals surface area contributed by atoms with Crippen molar-refractivity contribution in [2.45, 2.75) is 32.4 Å². The third kappa shape index (κ3) is 3.05. The second-order valence-corrected chi connectivity index (χ2v) is 5.97. The molecule has 1 aliphatic heterocycles. The molecular weight excluding hydrogens is 292 g/mol. The summed E-state index contributed by atoms with van der Waals surface area (Å²) in [4.78, 5) is 2.41. The van der Waals surface area contributed by atoms with Crippen molar-refractivity contribution >= 4 is 21.6 Å². The number of halogens is 1. The zero-order valence-corrected chi connectivity index (χ0v) is 12.6. The molecule has 0 bridgehead atoms. The maximum absolute atomic E-state index is 9.38. The van der Waals surface area contributed by atoms with Gasteiger partial charge in [-0.15, -0.1) is 0 Å². The van der Waals surface area contributed by atoms with Gasteiger partial charge in [0.2, 0.25) is 0 Å². The molecule has 3 nitrogen and oxygen atoms in total. The van der Waals surface area contributed by atoms with E-state index in [0.717, 1.165) is 24.0 Å². The predicted molar refractivity (Wildman–Crippen MR) is 79.2 cm³/mol. The third-order valence-electron chi connectivity index (χ3n) is 3.63. The Hall–Kier alpha value is -0.580. The standard InChI is InChI=1S/C14H21BrN2O/c1-10-7-12(15)3-4-14(10)17-8-13(9-18)16-6-5-11(17)2/h3-4,7,11,13,16,18H,5-6,8-9H2,1-2H3. The summed E-state index contributed by atoms with van der Waals surface area (Å²) < 4.78 is 1.11.